The van der Waals surface area contributed by atoms with Gasteiger partial charge in [-0.15, -0.1) is 0 Å². The van der Waals surface area contributed by atoms with Gasteiger partial charge in [0.15, 0.2) is 0 Å². The molecule has 1 aliphatic rings. The van der Waals surface area contributed by atoms with E-state index in [-0.39, 0.29) is 7.92 Å². The van der Waals surface area contributed by atoms with Crippen molar-refractivity contribution >= 4 is 52.9 Å². The molecule has 0 radical (unpaired) electrons. The monoisotopic (exact) mass is 734 g/mol. The van der Waals surface area contributed by atoms with Crippen LogP contribution >= 0.6 is 27.3 Å². The first-order valence-corrected chi connectivity index (χ1v) is 23.4. The van der Waals surface area contributed by atoms with Gasteiger partial charge in [0.2, 0.25) is 0 Å². The van der Waals surface area contributed by atoms with E-state index in [4.69, 9.17) is 19.4 Å². The van der Waals surface area contributed by atoms with Gasteiger partial charge < -0.3 is 0 Å². The summed E-state index contributed by atoms with van der Waals surface area (Å²) in [4.78, 5) is 4.79. The molecular formula is C38H47Cl2N2PRu. The van der Waals surface area contributed by atoms with Crippen LogP contribution in [0.3, 0.4) is 0 Å². The van der Waals surface area contributed by atoms with Gasteiger partial charge in [-0.1, -0.05) is 52.1 Å². The zero-order chi connectivity index (χ0) is 32.0. The molecule has 6 heteroatoms. The maximum absolute atomic E-state index is 7.40. The molecule has 1 fully saturated rings. The van der Waals surface area contributed by atoms with Crippen LogP contribution in [0, 0.1) is 41.5 Å². The van der Waals surface area contributed by atoms with Crippen LogP contribution in [-0.4, -0.2) is 34.4 Å². The average Bonchev–Trinajstić information content (AvgIpc) is 3.39. The van der Waals surface area contributed by atoms with Crippen molar-refractivity contribution in [2.45, 2.75) is 55.4 Å². The van der Waals surface area contributed by atoms with E-state index in [1.165, 1.54) is 57.1 Å². The Morgan fingerprint density at radius 1 is 0.636 bits per heavy atom. The van der Waals surface area contributed by atoms with Crippen LogP contribution in [0.2, 0.25) is 0 Å². The number of benzene rings is 4. The van der Waals surface area contributed by atoms with Crippen LogP contribution in [0.15, 0.2) is 84.9 Å². The first-order valence-electron chi connectivity index (χ1n) is 15.4. The molecule has 1 heterocycles. The van der Waals surface area contributed by atoms with Crippen molar-refractivity contribution < 1.29 is 11.9 Å². The van der Waals surface area contributed by atoms with Crippen molar-refractivity contribution in [1.82, 2.24) is 0 Å². The fraction of sp³-hybridized carbons (Fsp3) is 0.316. The first kappa shape index (κ1) is 34.7. The third-order valence-electron chi connectivity index (χ3n) is 7.93. The minimum atomic E-state index is -3.44. The third kappa shape index (κ3) is 8.16. The number of anilines is 2. The average molecular weight is 735 g/mol. The molecule has 4 aromatic carbocycles. The van der Waals surface area contributed by atoms with Gasteiger partial charge >= 0.3 is 210 Å². The summed E-state index contributed by atoms with van der Waals surface area (Å²) >= 11 is -3.44. The number of aryl methyl sites for hydroxylation is 6. The number of hydrogen-bond donors (Lipinski definition) is 0. The molecule has 5 rings (SSSR count). The van der Waals surface area contributed by atoms with Gasteiger partial charge in [0, 0.05) is 0 Å². The second-order valence-electron chi connectivity index (χ2n) is 11.5. The Balaban J connectivity index is 0.000000339. The predicted molar refractivity (Wildman–Crippen MR) is 198 cm³/mol. The number of rotatable bonds is 6. The molecule has 0 amide bonds. The van der Waals surface area contributed by atoms with Crippen molar-refractivity contribution in [3.63, 3.8) is 0 Å². The molecule has 0 unspecified atom stereocenters. The molecule has 0 aromatic heterocycles. The molecule has 0 spiro atoms. The summed E-state index contributed by atoms with van der Waals surface area (Å²) < 4.78 is 3.18. The first-order chi connectivity index (χ1) is 21.0. The van der Waals surface area contributed by atoms with Gasteiger partial charge in [0.1, 0.15) is 0 Å². The third-order valence-corrected chi connectivity index (χ3v) is 16.0. The predicted octanol–water partition coefficient (Wildman–Crippen LogP) is 10.1. The van der Waals surface area contributed by atoms with E-state index in [1.54, 1.807) is 5.30 Å². The Bertz CT molecular complexity index is 1580. The fourth-order valence-corrected chi connectivity index (χ4v) is 14.2. The Hall–Kier alpha value is -2.15. The molecule has 4 aromatic rings. The summed E-state index contributed by atoms with van der Waals surface area (Å²) in [5, 5.41) is 1.55. The van der Waals surface area contributed by atoms with E-state index in [9.17, 15) is 0 Å². The molecule has 0 atom stereocenters. The van der Waals surface area contributed by atoms with E-state index in [1.807, 2.05) is 18.2 Å². The van der Waals surface area contributed by atoms with Crippen molar-refractivity contribution in [1.29, 1.82) is 0 Å². The molecule has 0 N–H and O–H groups in total. The zero-order valence-electron chi connectivity index (χ0n) is 27.4. The maximum atomic E-state index is 7.40. The van der Waals surface area contributed by atoms with Crippen LogP contribution in [-0.2, 0) is 11.9 Å². The molecule has 0 aliphatic carbocycles. The van der Waals surface area contributed by atoms with Crippen molar-refractivity contribution in [3.05, 3.63) is 124 Å². The summed E-state index contributed by atoms with van der Waals surface area (Å²) in [5.74, 6) is 0. The normalized spacial score (nSPS) is 13.7. The number of hydrogen-bond acceptors (Lipinski definition) is 2. The van der Waals surface area contributed by atoms with Gasteiger partial charge in [-0.25, -0.2) is 0 Å². The Morgan fingerprint density at radius 2 is 1.02 bits per heavy atom. The fourth-order valence-electron chi connectivity index (χ4n) is 6.32. The molecule has 0 saturated carbocycles. The van der Waals surface area contributed by atoms with E-state index < -0.39 is 11.9 Å². The summed E-state index contributed by atoms with van der Waals surface area (Å²) in [7, 11) is 14.9. The van der Waals surface area contributed by atoms with Crippen molar-refractivity contribution in [2.24, 2.45) is 0 Å². The Labute approximate surface area is 277 Å². The zero-order valence-corrected chi connectivity index (χ0v) is 31.6. The van der Waals surface area contributed by atoms with E-state index in [0.29, 0.717) is 0 Å². The second kappa shape index (κ2) is 15.4. The standard InChI is InChI=1S/C21H26N2.C10H15P.C7H6.2ClH.Ru/c1-14-9-16(3)20(17(4)10-14)22-7-8-23(13-22)21-18(5)11-15(2)12-19(21)6;1-3-11(4-2)10-8-6-5-7-9-10;1-7-5-3-2-4-6-7;;;/h9-12H,7-8H2,1-6H3;5-9H,3-4H2,1-2H3;1-6H;2*1H;/q;;;;;+2/p-2. The van der Waals surface area contributed by atoms with Gasteiger partial charge in [-0.3, -0.25) is 0 Å². The quantitative estimate of drug-likeness (QED) is 0.144. The molecule has 2 nitrogen and oxygen atoms in total. The number of nitrogens with zero attached hydrogens (tertiary/aromatic N) is 2. The van der Waals surface area contributed by atoms with E-state index in [2.05, 4.69) is 137 Å². The van der Waals surface area contributed by atoms with Gasteiger partial charge in [-0.05, 0) is 17.6 Å². The number of halogens is 2. The van der Waals surface area contributed by atoms with Gasteiger partial charge in [-0.2, -0.15) is 0 Å². The molecular weight excluding hydrogens is 687 g/mol. The SMILES string of the molecule is CCP(CC)c1ccccc1.Cc1cc(C)c(N2CCN(c3c(C)cc(C)cc3C)[C]2=[Ru]([Cl])([Cl])=[CH]c2ccccc2)c(C)c1. The second-order valence-corrected chi connectivity index (χ2v) is 23.6. The summed E-state index contributed by atoms with van der Waals surface area (Å²) in [5.41, 5.74) is 11.1. The topological polar surface area (TPSA) is 6.48 Å². The van der Waals surface area contributed by atoms with E-state index in [0.717, 1.165) is 23.0 Å². The molecule has 1 aliphatic heterocycles. The van der Waals surface area contributed by atoms with Crippen molar-refractivity contribution in [3.8, 4) is 0 Å². The van der Waals surface area contributed by atoms with Crippen LogP contribution in [0.1, 0.15) is 52.8 Å². The summed E-state index contributed by atoms with van der Waals surface area (Å²) in [6.07, 6.45) is 2.63. The van der Waals surface area contributed by atoms with Gasteiger partial charge in [0.05, 0.1) is 0 Å². The Kier molecular flexibility index (Phi) is 12.2. The summed E-state index contributed by atoms with van der Waals surface area (Å²) in [6, 6.07) is 30.1. The van der Waals surface area contributed by atoms with E-state index >= 15 is 0 Å². The molecule has 0 bridgehead atoms. The summed E-state index contributed by atoms with van der Waals surface area (Å²) in [6.45, 7) is 19.3. The van der Waals surface area contributed by atoms with Gasteiger partial charge in [0.25, 0.3) is 0 Å². The molecule has 236 valence electrons. The molecule has 44 heavy (non-hydrogen) atoms. The van der Waals surface area contributed by atoms with Crippen LogP contribution in [0.4, 0.5) is 11.4 Å². The van der Waals surface area contributed by atoms with Crippen LogP contribution in [0.5, 0.6) is 0 Å². The Morgan fingerprint density at radius 3 is 1.41 bits per heavy atom. The minimum absolute atomic E-state index is 0.149. The molecule has 1 saturated heterocycles. The van der Waals surface area contributed by atoms with Crippen LogP contribution in [0.25, 0.3) is 0 Å². The van der Waals surface area contributed by atoms with Crippen molar-refractivity contribution in [2.75, 3.05) is 35.2 Å². The van der Waals surface area contributed by atoms with Crippen LogP contribution < -0.4 is 15.1 Å².